The minimum Gasteiger partial charge on any atom is -0.483 e. The van der Waals surface area contributed by atoms with Gasteiger partial charge >= 0.3 is 0 Å². The van der Waals surface area contributed by atoms with Crippen LogP contribution in [0, 0.1) is 12.7 Å². The molecule has 0 bridgehead atoms. The Balaban J connectivity index is 1.75. The molecule has 0 aliphatic heterocycles. The van der Waals surface area contributed by atoms with E-state index in [-0.39, 0.29) is 17.3 Å². The fraction of sp³-hybridized carbons (Fsp3) is 0.118. The molecule has 0 saturated heterocycles. The Morgan fingerprint density at radius 1 is 1.15 bits per heavy atom. The van der Waals surface area contributed by atoms with Gasteiger partial charge in [0.2, 0.25) is 0 Å². The number of amides is 2. The molecule has 9 heteroatoms. The molecule has 2 aromatic rings. The van der Waals surface area contributed by atoms with Crippen LogP contribution in [0.5, 0.6) is 5.75 Å². The highest BCUT2D eigenvalue weighted by molar-refractivity contribution is 9.10. The maximum atomic E-state index is 12.8. The van der Waals surface area contributed by atoms with Gasteiger partial charge in [0.05, 0.1) is 0 Å². The third kappa shape index (κ3) is 6.08. The highest BCUT2D eigenvalue weighted by Crippen LogP contribution is 2.21. The molecule has 26 heavy (non-hydrogen) atoms. The van der Waals surface area contributed by atoms with Crippen LogP contribution in [-0.2, 0) is 4.79 Å². The van der Waals surface area contributed by atoms with Gasteiger partial charge in [0.15, 0.2) is 11.7 Å². The van der Waals surface area contributed by atoms with Crippen molar-refractivity contribution in [2.45, 2.75) is 6.92 Å². The summed E-state index contributed by atoms with van der Waals surface area (Å²) < 4.78 is 19.2. The average molecular weight is 440 g/mol. The number of hydrogen-bond acceptors (Lipinski definition) is 4. The zero-order valence-corrected chi connectivity index (χ0v) is 16.0. The molecule has 2 rings (SSSR count). The number of halogens is 2. The lowest BCUT2D eigenvalue weighted by Crippen LogP contribution is -2.49. The normalized spacial score (nSPS) is 9.96. The Hall–Kier alpha value is -2.52. The minimum atomic E-state index is -0.529. The molecular weight excluding hydrogens is 425 g/mol. The summed E-state index contributed by atoms with van der Waals surface area (Å²) in [4.78, 5) is 23.7. The quantitative estimate of drug-likeness (QED) is 0.503. The third-order valence-corrected chi connectivity index (χ3v) is 3.84. The van der Waals surface area contributed by atoms with Crippen molar-refractivity contribution in [1.29, 1.82) is 0 Å². The van der Waals surface area contributed by atoms with Gasteiger partial charge in [-0.1, -0.05) is 15.9 Å². The van der Waals surface area contributed by atoms with E-state index in [0.29, 0.717) is 5.75 Å². The topological polar surface area (TPSA) is 79.5 Å². The fourth-order valence-electron chi connectivity index (χ4n) is 1.89. The predicted molar refractivity (Wildman–Crippen MR) is 102 cm³/mol. The Morgan fingerprint density at radius 2 is 1.85 bits per heavy atom. The van der Waals surface area contributed by atoms with Gasteiger partial charge < -0.3 is 4.74 Å². The van der Waals surface area contributed by atoms with E-state index in [1.165, 1.54) is 12.1 Å². The van der Waals surface area contributed by atoms with Gasteiger partial charge in [-0.2, -0.15) is 0 Å². The highest BCUT2D eigenvalue weighted by atomic mass is 79.9. The first kappa shape index (κ1) is 19.8. The SMILES string of the molecule is Cc1cc(Br)ccc1OCC(=O)NNC(=S)NC(=O)c1ccc(F)cc1. The van der Waals surface area contributed by atoms with E-state index < -0.39 is 17.6 Å². The second kappa shape index (κ2) is 9.25. The summed E-state index contributed by atoms with van der Waals surface area (Å²) in [5.41, 5.74) is 5.81. The van der Waals surface area contributed by atoms with Crippen LogP contribution in [0.3, 0.4) is 0 Å². The number of ether oxygens (including phenoxy) is 1. The zero-order valence-electron chi connectivity index (χ0n) is 13.6. The number of nitrogens with one attached hydrogen (secondary N) is 3. The maximum Gasteiger partial charge on any atom is 0.276 e. The molecule has 0 unspecified atom stereocenters. The van der Waals surface area contributed by atoms with Crippen LogP contribution in [0.25, 0.3) is 0 Å². The number of benzene rings is 2. The molecule has 0 radical (unpaired) electrons. The van der Waals surface area contributed by atoms with Gasteiger partial charge in [0.1, 0.15) is 11.6 Å². The summed E-state index contributed by atoms with van der Waals surface area (Å²) in [5, 5.41) is 2.25. The summed E-state index contributed by atoms with van der Waals surface area (Å²) in [6, 6.07) is 10.4. The van der Waals surface area contributed by atoms with Crippen molar-refractivity contribution >= 4 is 45.1 Å². The molecule has 0 fully saturated rings. The summed E-state index contributed by atoms with van der Waals surface area (Å²) >= 11 is 8.25. The average Bonchev–Trinajstić information content (AvgIpc) is 2.59. The van der Waals surface area contributed by atoms with Crippen LogP contribution >= 0.6 is 28.1 Å². The van der Waals surface area contributed by atoms with Gasteiger partial charge in [0.25, 0.3) is 11.8 Å². The summed E-state index contributed by atoms with van der Waals surface area (Å²) in [7, 11) is 0. The van der Waals surface area contributed by atoms with Gasteiger partial charge in [-0.05, 0) is 67.2 Å². The number of hydrazine groups is 1. The Kier molecular flexibility index (Phi) is 7.05. The maximum absolute atomic E-state index is 12.8. The van der Waals surface area contributed by atoms with Crippen LogP contribution in [0.1, 0.15) is 15.9 Å². The van der Waals surface area contributed by atoms with Crippen molar-refractivity contribution in [2.24, 2.45) is 0 Å². The first-order chi connectivity index (χ1) is 12.3. The zero-order chi connectivity index (χ0) is 19.1. The Morgan fingerprint density at radius 3 is 2.50 bits per heavy atom. The number of rotatable bonds is 4. The van der Waals surface area contributed by atoms with Crippen LogP contribution in [0.4, 0.5) is 4.39 Å². The molecule has 0 heterocycles. The van der Waals surface area contributed by atoms with E-state index >= 15 is 0 Å². The van der Waals surface area contributed by atoms with Gasteiger partial charge in [-0.25, -0.2) is 4.39 Å². The number of carbonyl (C=O) groups excluding carboxylic acids is 2. The van der Waals surface area contributed by atoms with Crippen molar-refractivity contribution < 1.29 is 18.7 Å². The van der Waals surface area contributed by atoms with E-state index in [0.717, 1.165) is 22.2 Å². The smallest absolute Gasteiger partial charge is 0.276 e. The molecule has 0 spiro atoms. The molecular formula is C17H15BrFN3O3S. The molecule has 0 aliphatic rings. The lowest BCUT2D eigenvalue weighted by molar-refractivity contribution is -0.123. The Bertz CT molecular complexity index is 831. The largest absolute Gasteiger partial charge is 0.483 e. The van der Waals surface area contributed by atoms with Crippen LogP contribution in [0.15, 0.2) is 46.9 Å². The first-order valence-electron chi connectivity index (χ1n) is 7.40. The summed E-state index contributed by atoms with van der Waals surface area (Å²) in [5.74, 6) is -0.879. The summed E-state index contributed by atoms with van der Waals surface area (Å²) in [6.07, 6.45) is 0. The molecule has 6 nitrogen and oxygen atoms in total. The molecule has 136 valence electrons. The predicted octanol–water partition coefficient (Wildman–Crippen LogP) is 2.61. The van der Waals surface area contributed by atoms with E-state index in [1.807, 2.05) is 13.0 Å². The van der Waals surface area contributed by atoms with Crippen molar-refractivity contribution in [3.05, 3.63) is 63.9 Å². The molecule has 0 aliphatic carbocycles. The highest BCUT2D eigenvalue weighted by Gasteiger charge is 2.09. The molecule has 3 N–H and O–H groups in total. The molecule has 2 aromatic carbocycles. The first-order valence-corrected chi connectivity index (χ1v) is 8.60. The second-order valence-corrected chi connectivity index (χ2v) is 6.49. The van der Waals surface area contributed by atoms with E-state index in [9.17, 15) is 14.0 Å². The minimum absolute atomic E-state index is 0.104. The van der Waals surface area contributed by atoms with Crippen molar-refractivity contribution in [3.8, 4) is 5.75 Å². The van der Waals surface area contributed by atoms with Crippen LogP contribution < -0.4 is 20.9 Å². The number of carbonyl (C=O) groups is 2. The third-order valence-electron chi connectivity index (χ3n) is 3.14. The van der Waals surface area contributed by atoms with E-state index in [2.05, 4.69) is 32.1 Å². The summed E-state index contributed by atoms with van der Waals surface area (Å²) in [6.45, 7) is 1.63. The standard InChI is InChI=1S/C17H15BrFN3O3S/c1-10-8-12(18)4-7-14(10)25-9-15(23)21-22-17(26)20-16(24)11-2-5-13(19)6-3-11/h2-8H,9H2,1H3,(H,21,23)(H2,20,22,24,26). The molecule has 0 aromatic heterocycles. The van der Waals surface area contributed by atoms with Gasteiger partial charge in [-0.15, -0.1) is 0 Å². The number of hydrogen-bond donors (Lipinski definition) is 3. The molecule has 0 atom stereocenters. The van der Waals surface area contributed by atoms with Gasteiger partial charge in [0, 0.05) is 10.0 Å². The molecule has 2 amide bonds. The van der Waals surface area contributed by atoms with E-state index in [4.69, 9.17) is 17.0 Å². The number of thiocarbonyl (C=S) groups is 1. The second-order valence-electron chi connectivity index (χ2n) is 5.16. The van der Waals surface area contributed by atoms with Gasteiger partial charge in [-0.3, -0.25) is 25.8 Å². The number of aryl methyl sites for hydroxylation is 1. The lowest BCUT2D eigenvalue weighted by atomic mass is 10.2. The van der Waals surface area contributed by atoms with Crippen molar-refractivity contribution in [2.75, 3.05) is 6.61 Å². The van der Waals surface area contributed by atoms with Crippen LogP contribution in [-0.4, -0.2) is 23.5 Å². The van der Waals surface area contributed by atoms with Crippen molar-refractivity contribution in [1.82, 2.24) is 16.2 Å². The van der Waals surface area contributed by atoms with Crippen LogP contribution in [0.2, 0.25) is 0 Å². The van der Waals surface area contributed by atoms with Crippen molar-refractivity contribution in [3.63, 3.8) is 0 Å². The monoisotopic (exact) mass is 439 g/mol. The Labute approximate surface area is 163 Å². The molecule has 0 saturated carbocycles. The lowest BCUT2D eigenvalue weighted by Gasteiger charge is -2.12. The van der Waals surface area contributed by atoms with E-state index in [1.54, 1.807) is 12.1 Å². The fourth-order valence-corrected chi connectivity index (χ4v) is 2.51.